The van der Waals surface area contributed by atoms with Crippen LogP contribution in [0.2, 0.25) is 0 Å². The lowest BCUT2D eigenvalue weighted by molar-refractivity contribution is -0.146. The third-order valence-electron chi connectivity index (χ3n) is 5.87. The van der Waals surface area contributed by atoms with Crippen molar-refractivity contribution in [1.82, 2.24) is 14.7 Å². The molecule has 30 heavy (non-hydrogen) atoms. The summed E-state index contributed by atoms with van der Waals surface area (Å²) >= 11 is 0. The lowest BCUT2D eigenvalue weighted by Gasteiger charge is -2.33. The highest BCUT2D eigenvalue weighted by molar-refractivity contribution is 6.04. The average Bonchev–Trinajstić information content (AvgIpc) is 3.21. The number of aryl methyl sites for hydroxylation is 2. The van der Waals surface area contributed by atoms with Gasteiger partial charge in [-0.1, -0.05) is 25.9 Å². The Hall–Kier alpha value is -2.84. The highest BCUT2D eigenvalue weighted by Crippen LogP contribution is 2.38. The zero-order valence-electron chi connectivity index (χ0n) is 17.2. The van der Waals surface area contributed by atoms with Crippen LogP contribution < -0.4 is 5.32 Å². The van der Waals surface area contributed by atoms with Gasteiger partial charge in [-0.15, -0.1) is 0 Å². The first kappa shape index (κ1) is 20.4. The molecule has 2 heterocycles. The van der Waals surface area contributed by atoms with Gasteiger partial charge in [-0.05, 0) is 42.4 Å². The zero-order valence-corrected chi connectivity index (χ0v) is 17.2. The molecule has 4 rings (SSSR count). The first-order valence-electron chi connectivity index (χ1n) is 9.77. The molecule has 1 aromatic carbocycles. The van der Waals surface area contributed by atoms with Crippen molar-refractivity contribution in [2.45, 2.75) is 46.2 Å². The maximum Gasteiger partial charge on any atom is 0.449 e. The average molecular weight is 420 g/mol. The lowest BCUT2D eigenvalue weighted by atomic mass is 9.71. The van der Waals surface area contributed by atoms with E-state index in [1.165, 1.54) is 19.2 Å². The van der Waals surface area contributed by atoms with Gasteiger partial charge in [0.25, 0.3) is 5.91 Å². The molecule has 0 aliphatic heterocycles. The van der Waals surface area contributed by atoms with Crippen molar-refractivity contribution in [3.63, 3.8) is 0 Å². The van der Waals surface area contributed by atoms with E-state index in [2.05, 4.69) is 36.2 Å². The molecule has 1 N–H and O–H groups in total. The Labute approximate surface area is 171 Å². The van der Waals surface area contributed by atoms with Gasteiger partial charge in [0.1, 0.15) is 5.76 Å². The molecule has 2 aromatic heterocycles. The van der Waals surface area contributed by atoms with E-state index in [0.717, 1.165) is 28.7 Å². The summed E-state index contributed by atoms with van der Waals surface area (Å²) in [5.41, 5.74) is 1.97. The summed E-state index contributed by atoms with van der Waals surface area (Å²) in [6.07, 6.45) is -2.14. The summed E-state index contributed by atoms with van der Waals surface area (Å²) in [6.45, 7) is 6.52. The van der Waals surface area contributed by atoms with E-state index >= 15 is 0 Å². The molecular weight excluding hydrogens is 397 g/mol. The van der Waals surface area contributed by atoms with Crippen molar-refractivity contribution >= 4 is 22.6 Å². The monoisotopic (exact) mass is 420 g/mol. The molecular formula is C21H23F3N4O2. The molecule has 1 unspecified atom stereocenters. The van der Waals surface area contributed by atoms with Gasteiger partial charge in [0.15, 0.2) is 5.69 Å². The third kappa shape index (κ3) is 3.57. The molecule has 1 atom stereocenters. The molecule has 0 fully saturated rings. The third-order valence-corrected chi connectivity index (χ3v) is 5.87. The number of halogens is 3. The van der Waals surface area contributed by atoms with Crippen LogP contribution in [0.25, 0.3) is 11.0 Å². The van der Waals surface area contributed by atoms with Gasteiger partial charge in [-0.2, -0.15) is 13.2 Å². The normalized spacial score (nSPS) is 17.2. The van der Waals surface area contributed by atoms with Gasteiger partial charge in [0, 0.05) is 24.7 Å². The largest absolute Gasteiger partial charge is 0.449 e. The molecule has 1 aliphatic rings. The molecule has 0 saturated heterocycles. The molecule has 9 heteroatoms. The number of hydrogen-bond donors (Lipinski definition) is 1. The summed E-state index contributed by atoms with van der Waals surface area (Å²) < 4.78 is 45.6. The number of amides is 1. The van der Waals surface area contributed by atoms with Crippen molar-refractivity contribution in [3.05, 3.63) is 41.0 Å². The van der Waals surface area contributed by atoms with Gasteiger partial charge in [0.2, 0.25) is 5.82 Å². The van der Waals surface area contributed by atoms with Crippen molar-refractivity contribution in [1.29, 1.82) is 0 Å². The van der Waals surface area contributed by atoms with Crippen LogP contribution in [0.5, 0.6) is 0 Å². The zero-order chi connectivity index (χ0) is 21.8. The van der Waals surface area contributed by atoms with Crippen molar-refractivity contribution in [2.75, 3.05) is 5.32 Å². The van der Waals surface area contributed by atoms with E-state index in [4.69, 9.17) is 4.52 Å². The van der Waals surface area contributed by atoms with Crippen LogP contribution in [-0.4, -0.2) is 20.6 Å². The number of fused-ring (bicyclic) bond motifs is 2. The Balaban J connectivity index is 1.60. The predicted octanol–water partition coefficient (Wildman–Crippen LogP) is 4.98. The van der Waals surface area contributed by atoms with E-state index in [1.54, 1.807) is 6.07 Å². The predicted molar refractivity (Wildman–Crippen MR) is 105 cm³/mol. The van der Waals surface area contributed by atoms with Crippen LogP contribution in [0.15, 0.2) is 22.7 Å². The Kier molecular flexibility index (Phi) is 4.67. The molecule has 1 amide bonds. The molecule has 0 radical (unpaired) electrons. The summed E-state index contributed by atoms with van der Waals surface area (Å²) in [4.78, 5) is 16.5. The van der Waals surface area contributed by atoms with Crippen LogP contribution in [0.1, 0.15) is 54.8 Å². The number of carbonyl (C=O) groups is 1. The highest BCUT2D eigenvalue weighted by atomic mass is 19.4. The van der Waals surface area contributed by atoms with Crippen LogP contribution in [0.4, 0.5) is 18.9 Å². The van der Waals surface area contributed by atoms with Crippen LogP contribution in [-0.2, 0) is 26.1 Å². The highest BCUT2D eigenvalue weighted by Gasteiger charge is 2.37. The quantitative estimate of drug-likeness (QED) is 0.634. The molecule has 160 valence electrons. The van der Waals surface area contributed by atoms with Crippen molar-refractivity contribution in [2.24, 2.45) is 18.4 Å². The van der Waals surface area contributed by atoms with E-state index in [1.807, 2.05) is 0 Å². The number of rotatable bonds is 2. The van der Waals surface area contributed by atoms with Crippen LogP contribution in [0.3, 0.4) is 0 Å². The number of anilines is 1. The smallest absolute Gasteiger partial charge is 0.360 e. The Morgan fingerprint density at radius 2 is 2.00 bits per heavy atom. The number of hydrogen-bond acceptors (Lipinski definition) is 4. The fourth-order valence-corrected chi connectivity index (χ4v) is 4.04. The Bertz CT molecular complexity index is 1120. The standard InChI is InChI=1S/C21H23F3N4O2/c1-20(2,3)11-5-8-16-13(9-11)17(27-30-16)18(29)25-12-6-7-15-14(10-12)26-19(28(15)4)21(22,23)24/h6-7,10-11H,5,8-9H2,1-4H3,(H,25,29). The minimum Gasteiger partial charge on any atom is -0.360 e. The number of carbonyl (C=O) groups excluding carboxylic acids is 1. The molecule has 0 spiro atoms. The Morgan fingerprint density at radius 1 is 1.27 bits per heavy atom. The fraction of sp³-hybridized carbons (Fsp3) is 0.476. The van der Waals surface area contributed by atoms with E-state index in [0.29, 0.717) is 23.5 Å². The summed E-state index contributed by atoms with van der Waals surface area (Å²) in [5.74, 6) is -0.294. The van der Waals surface area contributed by atoms with E-state index < -0.39 is 17.9 Å². The topological polar surface area (TPSA) is 73.0 Å². The number of nitrogens with zero attached hydrogens (tertiary/aromatic N) is 3. The van der Waals surface area contributed by atoms with Gasteiger partial charge >= 0.3 is 6.18 Å². The molecule has 6 nitrogen and oxygen atoms in total. The van der Waals surface area contributed by atoms with Crippen molar-refractivity contribution < 1.29 is 22.5 Å². The molecule has 0 bridgehead atoms. The maximum atomic E-state index is 13.1. The number of alkyl halides is 3. The second kappa shape index (κ2) is 6.85. The minimum atomic E-state index is -4.56. The first-order chi connectivity index (χ1) is 13.9. The van der Waals surface area contributed by atoms with Gasteiger partial charge < -0.3 is 14.4 Å². The lowest BCUT2D eigenvalue weighted by Crippen LogP contribution is -2.27. The first-order valence-corrected chi connectivity index (χ1v) is 9.77. The summed E-state index contributed by atoms with van der Waals surface area (Å²) in [7, 11) is 1.31. The van der Waals surface area contributed by atoms with Crippen LogP contribution in [0, 0.1) is 11.3 Å². The summed E-state index contributed by atoms with van der Waals surface area (Å²) in [6, 6.07) is 4.47. The van der Waals surface area contributed by atoms with Crippen molar-refractivity contribution in [3.8, 4) is 0 Å². The van der Waals surface area contributed by atoms with Gasteiger partial charge in [-0.25, -0.2) is 4.98 Å². The minimum absolute atomic E-state index is 0.100. The number of benzene rings is 1. The molecule has 1 aliphatic carbocycles. The van der Waals surface area contributed by atoms with E-state index in [-0.39, 0.29) is 16.6 Å². The maximum absolute atomic E-state index is 13.1. The van der Waals surface area contributed by atoms with E-state index in [9.17, 15) is 18.0 Å². The van der Waals surface area contributed by atoms with Gasteiger partial charge in [0.05, 0.1) is 11.0 Å². The second-order valence-corrected chi connectivity index (χ2v) is 8.89. The van der Waals surface area contributed by atoms with Gasteiger partial charge in [-0.3, -0.25) is 4.79 Å². The second-order valence-electron chi connectivity index (χ2n) is 8.89. The Morgan fingerprint density at radius 3 is 2.67 bits per heavy atom. The molecule has 0 saturated carbocycles. The SMILES string of the molecule is Cn1c(C(F)(F)F)nc2cc(NC(=O)c3noc4c3CC(C(C)(C)C)CC4)ccc21. The van der Waals surface area contributed by atoms with Crippen LogP contribution >= 0.6 is 0 Å². The summed E-state index contributed by atoms with van der Waals surface area (Å²) in [5, 5.41) is 6.68. The number of imidazole rings is 1. The number of aromatic nitrogens is 3. The number of nitrogens with one attached hydrogen (secondary N) is 1. The fourth-order valence-electron chi connectivity index (χ4n) is 4.04. The molecule has 3 aromatic rings.